The summed E-state index contributed by atoms with van der Waals surface area (Å²) in [6.07, 6.45) is 0.127. The van der Waals surface area contributed by atoms with E-state index in [2.05, 4.69) is 10.1 Å². The van der Waals surface area contributed by atoms with Crippen LogP contribution in [0.3, 0.4) is 0 Å². The Morgan fingerprint density at radius 2 is 2.21 bits per heavy atom. The molecule has 0 amide bonds. The van der Waals surface area contributed by atoms with Crippen molar-refractivity contribution in [2.75, 3.05) is 0 Å². The molecule has 0 radical (unpaired) electrons. The molecule has 5 nitrogen and oxygen atoms in total. The molecule has 1 atom stereocenters. The minimum atomic E-state index is -0.577. The normalized spacial score (nSPS) is 12.4. The number of aryl methyl sites for hydroxylation is 2. The lowest BCUT2D eigenvalue weighted by atomic mass is 10.1. The minimum Gasteiger partial charge on any atom is -0.485 e. The van der Waals surface area contributed by atoms with Crippen molar-refractivity contribution in [2.45, 2.75) is 39.9 Å². The van der Waals surface area contributed by atoms with Crippen LogP contribution in [-0.2, 0) is 13.0 Å². The first kappa shape index (κ1) is 13.5. The van der Waals surface area contributed by atoms with Crippen molar-refractivity contribution in [3.8, 4) is 5.75 Å². The number of hydrogen-bond donors (Lipinski definition) is 1. The summed E-state index contributed by atoms with van der Waals surface area (Å²) in [5.74, 6) is 1.75. The van der Waals surface area contributed by atoms with Gasteiger partial charge in [0.2, 0.25) is 11.7 Å². The van der Waals surface area contributed by atoms with Crippen LogP contribution >= 0.6 is 0 Å². The van der Waals surface area contributed by atoms with Crippen molar-refractivity contribution >= 4 is 0 Å². The van der Waals surface area contributed by atoms with Gasteiger partial charge in [0.15, 0.2) is 6.61 Å². The molecule has 1 heterocycles. The number of ether oxygens (including phenoxy) is 1. The predicted molar refractivity (Wildman–Crippen MR) is 69.8 cm³/mol. The molecule has 1 aromatic carbocycles. The maximum atomic E-state index is 9.74. The van der Waals surface area contributed by atoms with E-state index in [-0.39, 0.29) is 6.61 Å². The van der Waals surface area contributed by atoms with Gasteiger partial charge in [-0.15, -0.1) is 0 Å². The fourth-order valence-corrected chi connectivity index (χ4v) is 1.76. The topological polar surface area (TPSA) is 68.4 Å². The first-order valence-electron chi connectivity index (χ1n) is 6.33. The Hall–Kier alpha value is -1.88. The Morgan fingerprint density at radius 1 is 1.42 bits per heavy atom. The number of nitrogens with zero attached hydrogens (tertiary/aromatic N) is 2. The summed E-state index contributed by atoms with van der Waals surface area (Å²) in [6, 6.07) is 5.70. The predicted octanol–water partition coefficient (Wildman–Crippen LogP) is 2.57. The highest BCUT2D eigenvalue weighted by atomic mass is 16.5. The molecule has 0 aliphatic rings. The maximum absolute atomic E-state index is 9.74. The lowest BCUT2D eigenvalue weighted by Gasteiger charge is -2.13. The van der Waals surface area contributed by atoms with Gasteiger partial charge in [0.25, 0.3) is 0 Å². The Balaban J connectivity index is 2.10. The maximum Gasteiger partial charge on any atom is 0.226 e. The zero-order valence-corrected chi connectivity index (χ0v) is 11.4. The van der Waals surface area contributed by atoms with Crippen LogP contribution < -0.4 is 4.74 Å². The summed E-state index contributed by atoms with van der Waals surface area (Å²) in [6.45, 7) is 5.86. The van der Waals surface area contributed by atoms with Crippen LogP contribution in [-0.4, -0.2) is 15.2 Å². The summed E-state index contributed by atoms with van der Waals surface area (Å²) >= 11 is 0. The highest BCUT2D eigenvalue weighted by molar-refractivity contribution is 5.38. The second kappa shape index (κ2) is 5.84. The molecule has 2 rings (SSSR count). The van der Waals surface area contributed by atoms with Gasteiger partial charge in [-0.1, -0.05) is 23.7 Å². The minimum absolute atomic E-state index is 0.228. The second-order valence-electron chi connectivity index (χ2n) is 4.46. The van der Waals surface area contributed by atoms with Gasteiger partial charge in [0, 0.05) is 12.0 Å². The largest absolute Gasteiger partial charge is 0.485 e. The summed E-state index contributed by atoms with van der Waals surface area (Å²) in [5.41, 5.74) is 1.84. The SMILES string of the molecule is CCc1nc(COc2ccc(C)cc2[C@@H](C)O)no1. The summed E-state index contributed by atoms with van der Waals surface area (Å²) in [5, 5.41) is 13.6. The smallest absolute Gasteiger partial charge is 0.226 e. The number of rotatable bonds is 5. The third-order valence-corrected chi connectivity index (χ3v) is 2.78. The monoisotopic (exact) mass is 262 g/mol. The molecule has 1 N–H and O–H groups in total. The second-order valence-corrected chi connectivity index (χ2v) is 4.46. The van der Waals surface area contributed by atoms with E-state index in [1.165, 1.54) is 0 Å². The van der Waals surface area contributed by atoms with E-state index < -0.39 is 6.10 Å². The van der Waals surface area contributed by atoms with Gasteiger partial charge in [-0.25, -0.2) is 0 Å². The molecular weight excluding hydrogens is 244 g/mol. The molecule has 2 aromatic rings. The van der Waals surface area contributed by atoms with Gasteiger partial charge in [-0.2, -0.15) is 4.98 Å². The highest BCUT2D eigenvalue weighted by Crippen LogP contribution is 2.26. The van der Waals surface area contributed by atoms with E-state index in [0.717, 1.165) is 11.1 Å². The van der Waals surface area contributed by atoms with E-state index in [0.29, 0.717) is 23.9 Å². The summed E-state index contributed by atoms with van der Waals surface area (Å²) in [7, 11) is 0. The number of hydrogen-bond acceptors (Lipinski definition) is 5. The summed E-state index contributed by atoms with van der Waals surface area (Å²) < 4.78 is 10.7. The van der Waals surface area contributed by atoms with Crippen LogP contribution in [0.2, 0.25) is 0 Å². The quantitative estimate of drug-likeness (QED) is 0.896. The Morgan fingerprint density at radius 3 is 2.84 bits per heavy atom. The third kappa shape index (κ3) is 3.32. The first-order chi connectivity index (χ1) is 9.10. The zero-order chi connectivity index (χ0) is 13.8. The Bertz CT molecular complexity index is 549. The van der Waals surface area contributed by atoms with Gasteiger partial charge in [-0.3, -0.25) is 0 Å². The van der Waals surface area contributed by atoms with E-state index in [9.17, 15) is 5.11 Å². The van der Waals surface area contributed by atoms with E-state index >= 15 is 0 Å². The van der Waals surface area contributed by atoms with Crippen molar-refractivity contribution in [3.63, 3.8) is 0 Å². The van der Waals surface area contributed by atoms with Crippen molar-refractivity contribution < 1.29 is 14.4 Å². The van der Waals surface area contributed by atoms with Crippen LogP contribution in [0.1, 0.15) is 42.8 Å². The molecule has 0 fully saturated rings. The van der Waals surface area contributed by atoms with Crippen LogP contribution in [0.25, 0.3) is 0 Å². The number of aliphatic hydroxyl groups is 1. The molecule has 19 heavy (non-hydrogen) atoms. The van der Waals surface area contributed by atoms with Crippen molar-refractivity contribution in [3.05, 3.63) is 41.0 Å². The van der Waals surface area contributed by atoms with Crippen molar-refractivity contribution in [1.29, 1.82) is 0 Å². The molecule has 5 heteroatoms. The third-order valence-electron chi connectivity index (χ3n) is 2.78. The fraction of sp³-hybridized carbons (Fsp3) is 0.429. The zero-order valence-electron chi connectivity index (χ0n) is 11.4. The van der Waals surface area contributed by atoms with Crippen LogP contribution in [0.5, 0.6) is 5.75 Å². The number of aliphatic hydroxyl groups excluding tert-OH is 1. The van der Waals surface area contributed by atoms with Gasteiger partial charge in [0.05, 0.1) is 6.10 Å². The van der Waals surface area contributed by atoms with Crippen molar-refractivity contribution in [2.24, 2.45) is 0 Å². The van der Waals surface area contributed by atoms with Crippen LogP contribution in [0, 0.1) is 6.92 Å². The van der Waals surface area contributed by atoms with Crippen molar-refractivity contribution in [1.82, 2.24) is 10.1 Å². The average molecular weight is 262 g/mol. The molecule has 0 aliphatic heterocycles. The molecule has 102 valence electrons. The van der Waals surface area contributed by atoms with E-state index in [1.54, 1.807) is 6.92 Å². The van der Waals surface area contributed by atoms with Gasteiger partial charge in [0.1, 0.15) is 5.75 Å². The van der Waals surface area contributed by atoms with E-state index in [1.807, 2.05) is 32.0 Å². The molecule has 0 bridgehead atoms. The molecular formula is C14H18N2O3. The standard InChI is InChI=1S/C14H18N2O3/c1-4-14-15-13(16-19-14)8-18-12-6-5-9(2)7-11(12)10(3)17/h5-7,10,17H,4,8H2,1-3H3/t10-/m1/s1. The summed E-state index contributed by atoms with van der Waals surface area (Å²) in [4.78, 5) is 4.17. The lowest BCUT2D eigenvalue weighted by molar-refractivity contribution is 0.189. The molecule has 1 aromatic heterocycles. The highest BCUT2D eigenvalue weighted by Gasteiger charge is 2.11. The number of aromatic nitrogens is 2. The van der Waals surface area contributed by atoms with Gasteiger partial charge >= 0.3 is 0 Å². The first-order valence-corrected chi connectivity index (χ1v) is 6.33. The van der Waals surface area contributed by atoms with Gasteiger partial charge < -0.3 is 14.4 Å². The van der Waals surface area contributed by atoms with E-state index in [4.69, 9.17) is 9.26 Å². The fourth-order valence-electron chi connectivity index (χ4n) is 1.76. The Kier molecular flexibility index (Phi) is 4.16. The van der Waals surface area contributed by atoms with Crippen LogP contribution in [0.4, 0.5) is 0 Å². The lowest BCUT2D eigenvalue weighted by Crippen LogP contribution is -2.02. The molecule has 0 saturated heterocycles. The molecule has 0 aliphatic carbocycles. The molecule has 0 unspecified atom stereocenters. The van der Waals surface area contributed by atoms with Gasteiger partial charge in [-0.05, 0) is 26.0 Å². The van der Waals surface area contributed by atoms with Crippen LogP contribution in [0.15, 0.2) is 22.7 Å². The average Bonchev–Trinajstić information content (AvgIpc) is 2.85. The molecule has 0 saturated carbocycles. The molecule has 0 spiro atoms. The number of benzene rings is 1. The Labute approximate surface area is 112 Å².